The standard InChI is InChI=1S/C20H26N4O3S/c1-13-11-24(12-14(2)27-13)19-7-6-16(10-21-19)23-20(26)9-17(22-15(3)25)18-5-4-8-28-18/h4-8,10,13-14,17H,9,11-12H2,1-3H3,(H,22,25)(H,23,26)/t13-,14+,17-/m1/s1. The maximum Gasteiger partial charge on any atom is 0.226 e. The van der Waals surface area contributed by atoms with Crippen molar-refractivity contribution in [3.8, 4) is 0 Å². The van der Waals surface area contributed by atoms with Gasteiger partial charge in [0.25, 0.3) is 0 Å². The molecule has 0 aromatic carbocycles. The van der Waals surface area contributed by atoms with Crippen LogP contribution in [-0.2, 0) is 14.3 Å². The lowest BCUT2D eigenvalue weighted by atomic mass is 10.1. The maximum atomic E-state index is 12.5. The van der Waals surface area contributed by atoms with Crippen LogP contribution in [0.2, 0.25) is 0 Å². The Balaban J connectivity index is 1.60. The molecule has 0 aliphatic carbocycles. The van der Waals surface area contributed by atoms with Crippen LogP contribution in [-0.4, -0.2) is 42.1 Å². The minimum Gasteiger partial charge on any atom is -0.372 e. The molecule has 7 nitrogen and oxygen atoms in total. The number of amides is 2. The van der Waals surface area contributed by atoms with Gasteiger partial charge in [-0.15, -0.1) is 11.3 Å². The monoisotopic (exact) mass is 402 g/mol. The second kappa shape index (κ2) is 9.16. The van der Waals surface area contributed by atoms with E-state index in [4.69, 9.17) is 4.74 Å². The van der Waals surface area contributed by atoms with Crippen LogP contribution in [0.5, 0.6) is 0 Å². The Kier molecular flexibility index (Phi) is 6.64. The topological polar surface area (TPSA) is 83.6 Å². The highest BCUT2D eigenvalue weighted by Crippen LogP contribution is 2.23. The molecule has 1 fully saturated rings. The van der Waals surface area contributed by atoms with Crippen LogP contribution in [0.25, 0.3) is 0 Å². The summed E-state index contributed by atoms with van der Waals surface area (Å²) in [5, 5.41) is 7.63. The first kappa shape index (κ1) is 20.3. The van der Waals surface area contributed by atoms with E-state index in [2.05, 4.69) is 34.4 Å². The SMILES string of the molecule is CC(=O)N[C@H](CC(=O)Nc1ccc(N2C[C@@H](C)O[C@@H](C)C2)nc1)c1cccs1. The molecule has 1 aliphatic rings. The molecule has 0 saturated carbocycles. The van der Waals surface area contributed by atoms with Crippen LogP contribution in [0.15, 0.2) is 35.8 Å². The molecular weight excluding hydrogens is 376 g/mol. The molecule has 2 N–H and O–H groups in total. The molecule has 1 aliphatic heterocycles. The molecule has 0 bridgehead atoms. The number of hydrogen-bond acceptors (Lipinski definition) is 6. The smallest absolute Gasteiger partial charge is 0.226 e. The Bertz CT molecular complexity index is 784. The van der Waals surface area contributed by atoms with Gasteiger partial charge in [-0.1, -0.05) is 6.07 Å². The fourth-order valence-corrected chi connectivity index (χ4v) is 4.15. The fourth-order valence-electron chi connectivity index (χ4n) is 3.37. The van der Waals surface area contributed by atoms with Crippen molar-refractivity contribution in [2.24, 2.45) is 0 Å². The molecular formula is C20H26N4O3S. The van der Waals surface area contributed by atoms with Crippen molar-refractivity contribution in [3.63, 3.8) is 0 Å². The Labute approximate surface area is 169 Å². The number of nitrogens with one attached hydrogen (secondary N) is 2. The summed E-state index contributed by atoms with van der Waals surface area (Å²) >= 11 is 1.52. The van der Waals surface area contributed by atoms with Crippen molar-refractivity contribution in [1.82, 2.24) is 10.3 Å². The minimum atomic E-state index is -0.332. The number of nitrogens with zero attached hydrogens (tertiary/aromatic N) is 2. The number of ether oxygens (including phenoxy) is 1. The van der Waals surface area contributed by atoms with Crippen molar-refractivity contribution in [2.45, 2.75) is 45.4 Å². The van der Waals surface area contributed by atoms with E-state index in [-0.39, 0.29) is 36.5 Å². The zero-order valence-electron chi connectivity index (χ0n) is 16.3. The summed E-state index contributed by atoms with van der Waals surface area (Å²) in [6, 6.07) is 7.25. The van der Waals surface area contributed by atoms with E-state index in [1.54, 1.807) is 6.20 Å². The molecule has 3 heterocycles. The third-order valence-corrected chi connectivity index (χ3v) is 5.41. The van der Waals surface area contributed by atoms with Gasteiger partial charge in [0.15, 0.2) is 0 Å². The molecule has 0 unspecified atom stereocenters. The van der Waals surface area contributed by atoms with Gasteiger partial charge in [-0.3, -0.25) is 9.59 Å². The molecule has 3 rings (SSSR count). The summed E-state index contributed by atoms with van der Waals surface area (Å²) in [6.07, 6.45) is 2.15. The Morgan fingerprint density at radius 2 is 2.04 bits per heavy atom. The summed E-state index contributed by atoms with van der Waals surface area (Å²) in [5.74, 6) is 0.538. The molecule has 2 aromatic rings. The number of anilines is 2. The molecule has 2 amide bonds. The lowest BCUT2D eigenvalue weighted by molar-refractivity contribution is -0.120. The van der Waals surface area contributed by atoms with Crippen molar-refractivity contribution in [2.75, 3.05) is 23.3 Å². The highest BCUT2D eigenvalue weighted by Gasteiger charge is 2.23. The Morgan fingerprint density at radius 1 is 1.29 bits per heavy atom. The summed E-state index contributed by atoms with van der Waals surface area (Å²) in [5.41, 5.74) is 0.635. The van der Waals surface area contributed by atoms with Gasteiger partial charge in [0.2, 0.25) is 11.8 Å². The van der Waals surface area contributed by atoms with Crippen LogP contribution in [0.1, 0.15) is 38.1 Å². The Hall–Kier alpha value is -2.45. The lowest BCUT2D eigenvalue weighted by Gasteiger charge is -2.36. The summed E-state index contributed by atoms with van der Waals surface area (Å²) in [4.78, 5) is 31.6. The van der Waals surface area contributed by atoms with E-state index in [0.29, 0.717) is 5.69 Å². The molecule has 8 heteroatoms. The molecule has 2 aromatic heterocycles. The molecule has 28 heavy (non-hydrogen) atoms. The van der Waals surface area contributed by atoms with E-state index in [0.717, 1.165) is 23.8 Å². The fraction of sp³-hybridized carbons (Fsp3) is 0.450. The third kappa shape index (κ3) is 5.53. The van der Waals surface area contributed by atoms with Crippen LogP contribution in [0, 0.1) is 0 Å². The second-order valence-corrected chi connectivity index (χ2v) is 8.07. The van der Waals surface area contributed by atoms with E-state index in [1.165, 1.54) is 18.3 Å². The zero-order valence-corrected chi connectivity index (χ0v) is 17.2. The third-order valence-electron chi connectivity index (χ3n) is 4.43. The predicted octanol–water partition coefficient (Wildman–Crippen LogP) is 2.96. The first-order valence-corrected chi connectivity index (χ1v) is 10.3. The van der Waals surface area contributed by atoms with Crippen LogP contribution < -0.4 is 15.5 Å². The van der Waals surface area contributed by atoms with Gasteiger partial charge >= 0.3 is 0 Å². The first-order valence-electron chi connectivity index (χ1n) is 9.37. The first-order chi connectivity index (χ1) is 13.4. The van der Waals surface area contributed by atoms with E-state index >= 15 is 0 Å². The largest absolute Gasteiger partial charge is 0.372 e. The quantitative estimate of drug-likeness (QED) is 0.776. The highest BCUT2D eigenvalue weighted by molar-refractivity contribution is 7.10. The van der Waals surface area contributed by atoms with Crippen LogP contribution >= 0.6 is 11.3 Å². The van der Waals surface area contributed by atoms with Gasteiger partial charge in [0.1, 0.15) is 5.82 Å². The molecule has 0 spiro atoms. The minimum absolute atomic E-state index is 0.160. The number of carbonyl (C=O) groups excluding carboxylic acids is 2. The summed E-state index contributed by atoms with van der Waals surface area (Å²) in [6.45, 7) is 7.14. The zero-order chi connectivity index (χ0) is 20.1. The molecule has 1 saturated heterocycles. The number of pyridine rings is 1. The van der Waals surface area contributed by atoms with E-state index in [9.17, 15) is 9.59 Å². The molecule has 3 atom stereocenters. The van der Waals surface area contributed by atoms with Crippen molar-refractivity contribution in [1.29, 1.82) is 0 Å². The van der Waals surface area contributed by atoms with Gasteiger partial charge in [0.05, 0.1) is 36.6 Å². The van der Waals surface area contributed by atoms with Gasteiger partial charge in [-0.05, 0) is 37.4 Å². The van der Waals surface area contributed by atoms with Gasteiger partial charge < -0.3 is 20.3 Å². The number of rotatable bonds is 6. The highest BCUT2D eigenvalue weighted by atomic mass is 32.1. The predicted molar refractivity (Wildman–Crippen MR) is 111 cm³/mol. The number of morpholine rings is 1. The average molecular weight is 403 g/mol. The number of carbonyl (C=O) groups is 2. The summed E-state index contributed by atoms with van der Waals surface area (Å²) in [7, 11) is 0. The van der Waals surface area contributed by atoms with Crippen LogP contribution in [0.4, 0.5) is 11.5 Å². The summed E-state index contributed by atoms with van der Waals surface area (Å²) < 4.78 is 5.75. The maximum absolute atomic E-state index is 12.5. The van der Waals surface area contributed by atoms with Crippen LogP contribution in [0.3, 0.4) is 0 Å². The number of thiophene rings is 1. The van der Waals surface area contributed by atoms with Crippen molar-refractivity contribution in [3.05, 3.63) is 40.7 Å². The van der Waals surface area contributed by atoms with Crippen molar-refractivity contribution < 1.29 is 14.3 Å². The normalized spacial score (nSPS) is 20.5. The van der Waals surface area contributed by atoms with E-state index < -0.39 is 0 Å². The van der Waals surface area contributed by atoms with Gasteiger partial charge in [-0.25, -0.2) is 4.98 Å². The van der Waals surface area contributed by atoms with E-state index in [1.807, 2.05) is 29.6 Å². The van der Waals surface area contributed by atoms with Crippen molar-refractivity contribution >= 4 is 34.7 Å². The Morgan fingerprint density at radius 3 is 2.61 bits per heavy atom. The average Bonchev–Trinajstić information content (AvgIpc) is 3.15. The van der Waals surface area contributed by atoms with Gasteiger partial charge in [0, 0.05) is 24.9 Å². The lowest BCUT2D eigenvalue weighted by Crippen LogP contribution is -2.45. The second-order valence-electron chi connectivity index (χ2n) is 7.09. The number of hydrogen-bond donors (Lipinski definition) is 2. The van der Waals surface area contributed by atoms with Gasteiger partial charge in [-0.2, -0.15) is 0 Å². The molecule has 0 radical (unpaired) electrons. The number of aromatic nitrogens is 1. The molecule has 150 valence electrons.